The van der Waals surface area contributed by atoms with Gasteiger partial charge >= 0.3 is 0 Å². The monoisotopic (exact) mass is 289 g/mol. The van der Waals surface area contributed by atoms with Crippen LogP contribution < -0.4 is 10.1 Å². The van der Waals surface area contributed by atoms with Gasteiger partial charge in [-0.3, -0.25) is 0 Å². The van der Waals surface area contributed by atoms with E-state index in [4.69, 9.17) is 9.47 Å². The van der Waals surface area contributed by atoms with Gasteiger partial charge in [-0.25, -0.2) is 0 Å². The van der Waals surface area contributed by atoms with Gasteiger partial charge in [-0.15, -0.1) is 0 Å². The quantitative estimate of drug-likeness (QED) is 0.752. The fourth-order valence-electron chi connectivity index (χ4n) is 2.83. The van der Waals surface area contributed by atoms with E-state index in [-0.39, 0.29) is 6.10 Å². The molecular formula is C18H27NO2. The van der Waals surface area contributed by atoms with Gasteiger partial charge in [0.1, 0.15) is 5.75 Å². The van der Waals surface area contributed by atoms with Crippen LogP contribution in [0.5, 0.6) is 5.75 Å². The lowest BCUT2D eigenvalue weighted by Crippen LogP contribution is -2.26. The van der Waals surface area contributed by atoms with Gasteiger partial charge < -0.3 is 14.8 Å². The van der Waals surface area contributed by atoms with E-state index in [1.165, 1.54) is 44.1 Å². The van der Waals surface area contributed by atoms with Gasteiger partial charge in [0.15, 0.2) is 0 Å². The van der Waals surface area contributed by atoms with Gasteiger partial charge in [0, 0.05) is 19.2 Å². The molecule has 0 bridgehead atoms. The van der Waals surface area contributed by atoms with Crippen molar-refractivity contribution in [3.63, 3.8) is 0 Å². The van der Waals surface area contributed by atoms with Crippen LogP contribution >= 0.6 is 0 Å². The molecule has 2 saturated carbocycles. The van der Waals surface area contributed by atoms with Gasteiger partial charge in [-0.1, -0.05) is 31.4 Å². The molecule has 0 saturated heterocycles. The Bertz CT molecular complexity index is 441. The third-order valence-corrected chi connectivity index (χ3v) is 4.70. The Kier molecular flexibility index (Phi) is 5.15. The van der Waals surface area contributed by atoms with Crippen LogP contribution in [0.25, 0.3) is 0 Å². The van der Waals surface area contributed by atoms with Crippen LogP contribution in [0.2, 0.25) is 0 Å². The highest BCUT2D eigenvalue weighted by molar-refractivity contribution is 5.30. The summed E-state index contributed by atoms with van der Waals surface area (Å²) in [5, 5.41) is 3.59. The van der Waals surface area contributed by atoms with E-state index in [2.05, 4.69) is 17.4 Å². The second-order valence-corrected chi connectivity index (χ2v) is 6.40. The zero-order valence-corrected chi connectivity index (χ0v) is 13.0. The maximum absolute atomic E-state index is 6.19. The molecule has 0 amide bonds. The molecule has 1 N–H and O–H groups in total. The van der Waals surface area contributed by atoms with Crippen molar-refractivity contribution in [1.29, 1.82) is 0 Å². The molecule has 2 aliphatic rings. The lowest BCUT2D eigenvalue weighted by atomic mass is 9.83. The Morgan fingerprint density at radius 1 is 1.24 bits per heavy atom. The summed E-state index contributed by atoms with van der Waals surface area (Å²) in [6.45, 7) is 1.78. The molecule has 21 heavy (non-hydrogen) atoms. The van der Waals surface area contributed by atoms with Crippen LogP contribution in [0.3, 0.4) is 0 Å². The maximum atomic E-state index is 6.19. The minimum absolute atomic E-state index is 0.140. The predicted molar refractivity (Wildman–Crippen MR) is 84.7 cm³/mol. The van der Waals surface area contributed by atoms with Crippen molar-refractivity contribution in [3.8, 4) is 5.75 Å². The molecule has 1 unspecified atom stereocenters. The molecule has 2 fully saturated rings. The van der Waals surface area contributed by atoms with Crippen molar-refractivity contribution in [2.24, 2.45) is 5.92 Å². The standard InChI is InChI=1S/C18H27NO2/c1-20-17-7-3-6-15(12-17)18(13-19-16-8-9-16)21-11-10-14-4-2-5-14/h3,6-7,12,14,16,18-19H,2,4-5,8-11,13H2,1H3. The highest BCUT2D eigenvalue weighted by Crippen LogP contribution is 2.30. The molecule has 116 valence electrons. The number of benzene rings is 1. The molecule has 3 heteroatoms. The van der Waals surface area contributed by atoms with Crippen molar-refractivity contribution in [3.05, 3.63) is 29.8 Å². The molecule has 1 aromatic carbocycles. The summed E-state index contributed by atoms with van der Waals surface area (Å²) in [5.41, 5.74) is 1.22. The van der Waals surface area contributed by atoms with Crippen molar-refractivity contribution in [2.75, 3.05) is 20.3 Å². The Labute approximate surface area is 128 Å². The molecule has 0 aromatic heterocycles. The smallest absolute Gasteiger partial charge is 0.119 e. The summed E-state index contributed by atoms with van der Waals surface area (Å²) in [5.74, 6) is 1.82. The molecule has 0 heterocycles. The molecule has 1 aromatic rings. The Hall–Kier alpha value is -1.06. The number of hydrogen-bond acceptors (Lipinski definition) is 3. The minimum Gasteiger partial charge on any atom is -0.497 e. The Morgan fingerprint density at radius 3 is 2.76 bits per heavy atom. The first kappa shape index (κ1) is 14.9. The number of nitrogens with one attached hydrogen (secondary N) is 1. The fraction of sp³-hybridized carbons (Fsp3) is 0.667. The lowest BCUT2D eigenvalue weighted by molar-refractivity contribution is 0.0368. The van der Waals surface area contributed by atoms with Crippen molar-refractivity contribution in [2.45, 2.75) is 50.7 Å². The van der Waals surface area contributed by atoms with Gasteiger partial charge in [-0.2, -0.15) is 0 Å². The SMILES string of the molecule is COc1cccc(C(CNC2CC2)OCCC2CCC2)c1. The normalized spacial score (nSPS) is 20.0. The average Bonchev–Trinajstić information content (AvgIpc) is 3.29. The third-order valence-electron chi connectivity index (χ3n) is 4.70. The zero-order valence-electron chi connectivity index (χ0n) is 13.0. The third kappa shape index (κ3) is 4.45. The van der Waals surface area contributed by atoms with E-state index in [1.807, 2.05) is 12.1 Å². The van der Waals surface area contributed by atoms with Crippen molar-refractivity contribution in [1.82, 2.24) is 5.32 Å². The van der Waals surface area contributed by atoms with Gasteiger partial charge in [0.25, 0.3) is 0 Å². The summed E-state index contributed by atoms with van der Waals surface area (Å²) < 4.78 is 11.5. The van der Waals surface area contributed by atoms with Crippen LogP contribution in [0.4, 0.5) is 0 Å². The average molecular weight is 289 g/mol. The number of methoxy groups -OCH3 is 1. The second kappa shape index (κ2) is 7.28. The molecule has 1 atom stereocenters. The molecule has 0 radical (unpaired) electrons. The first-order valence-electron chi connectivity index (χ1n) is 8.34. The topological polar surface area (TPSA) is 30.5 Å². The number of rotatable bonds is 9. The summed E-state index contributed by atoms with van der Waals surface area (Å²) in [6.07, 6.45) is 8.18. The molecule has 3 rings (SSSR count). The Balaban J connectivity index is 1.55. The highest BCUT2D eigenvalue weighted by atomic mass is 16.5. The Morgan fingerprint density at radius 2 is 2.10 bits per heavy atom. The maximum Gasteiger partial charge on any atom is 0.119 e. The van der Waals surface area contributed by atoms with Crippen LogP contribution in [-0.2, 0) is 4.74 Å². The molecule has 0 aliphatic heterocycles. The molecule has 0 spiro atoms. The van der Waals surface area contributed by atoms with Crippen LogP contribution in [0.15, 0.2) is 24.3 Å². The van der Waals surface area contributed by atoms with Crippen LogP contribution in [0.1, 0.15) is 50.2 Å². The van der Waals surface area contributed by atoms with E-state index in [9.17, 15) is 0 Å². The highest BCUT2D eigenvalue weighted by Gasteiger charge is 2.23. The first-order valence-corrected chi connectivity index (χ1v) is 8.34. The fourth-order valence-corrected chi connectivity index (χ4v) is 2.83. The largest absolute Gasteiger partial charge is 0.497 e. The zero-order chi connectivity index (χ0) is 14.5. The van der Waals surface area contributed by atoms with Gasteiger partial charge in [-0.05, 0) is 42.9 Å². The number of ether oxygens (including phenoxy) is 2. The van der Waals surface area contributed by atoms with E-state index in [1.54, 1.807) is 7.11 Å². The van der Waals surface area contributed by atoms with E-state index in [0.29, 0.717) is 6.04 Å². The van der Waals surface area contributed by atoms with Crippen LogP contribution in [-0.4, -0.2) is 26.3 Å². The summed E-state index contributed by atoms with van der Waals surface area (Å²) >= 11 is 0. The van der Waals surface area contributed by atoms with E-state index in [0.717, 1.165) is 24.8 Å². The lowest BCUT2D eigenvalue weighted by Gasteiger charge is -2.26. The second-order valence-electron chi connectivity index (χ2n) is 6.40. The summed E-state index contributed by atoms with van der Waals surface area (Å²) in [6, 6.07) is 9.00. The predicted octanol–water partition coefficient (Wildman–Crippen LogP) is 3.70. The van der Waals surface area contributed by atoms with Gasteiger partial charge in [0.2, 0.25) is 0 Å². The molecular weight excluding hydrogens is 262 g/mol. The summed E-state index contributed by atoms with van der Waals surface area (Å²) in [7, 11) is 1.72. The van der Waals surface area contributed by atoms with E-state index >= 15 is 0 Å². The number of hydrogen-bond donors (Lipinski definition) is 1. The van der Waals surface area contributed by atoms with Crippen molar-refractivity contribution >= 4 is 0 Å². The molecule has 3 nitrogen and oxygen atoms in total. The molecule has 2 aliphatic carbocycles. The van der Waals surface area contributed by atoms with Crippen LogP contribution in [0, 0.1) is 5.92 Å². The van der Waals surface area contributed by atoms with Crippen molar-refractivity contribution < 1.29 is 9.47 Å². The van der Waals surface area contributed by atoms with E-state index < -0.39 is 0 Å². The minimum atomic E-state index is 0.140. The summed E-state index contributed by atoms with van der Waals surface area (Å²) in [4.78, 5) is 0. The van der Waals surface area contributed by atoms with Gasteiger partial charge in [0.05, 0.1) is 13.2 Å². The first-order chi connectivity index (χ1) is 10.3.